The summed E-state index contributed by atoms with van der Waals surface area (Å²) in [5.74, 6) is -0.767. The van der Waals surface area contributed by atoms with Gasteiger partial charge in [0.25, 0.3) is 5.91 Å². The van der Waals surface area contributed by atoms with Crippen molar-refractivity contribution < 1.29 is 22.7 Å². The highest BCUT2D eigenvalue weighted by Gasteiger charge is 2.29. The molecule has 2 N–H and O–H groups in total. The molecule has 0 saturated carbocycles. The van der Waals surface area contributed by atoms with Crippen molar-refractivity contribution in [1.29, 1.82) is 0 Å². The summed E-state index contributed by atoms with van der Waals surface area (Å²) >= 11 is 0. The fourth-order valence-corrected chi connectivity index (χ4v) is 5.16. The van der Waals surface area contributed by atoms with E-state index in [2.05, 4.69) is 10.6 Å². The summed E-state index contributed by atoms with van der Waals surface area (Å²) in [6, 6.07) is 13.5. The van der Waals surface area contributed by atoms with E-state index in [9.17, 15) is 18.0 Å². The van der Waals surface area contributed by atoms with Gasteiger partial charge in [-0.25, -0.2) is 8.42 Å². The molecule has 1 heterocycles. The minimum absolute atomic E-state index is 0.00665. The van der Waals surface area contributed by atoms with Crippen molar-refractivity contribution in [2.75, 3.05) is 25.5 Å². The number of nitrogens with zero attached hydrogens (tertiary/aromatic N) is 1. The van der Waals surface area contributed by atoms with Crippen LogP contribution in [-0.2, 0) is 19.6 Å². The molecule has 2 amide bonds. The standard InChI is InChI=1S/C23H27N3O5S/c1-17(27)24-20(15-18-9-5-3-6-10-18)23(28)25-19-11-12-21(31-2)22(16-19)32(29,30)26-13-7-4-8-14-26/h3,5-6,9-12,15-16H,4,7-8,13-14H2,1-2H3,(H,24,27)(H,25,28)/b20-15-. The lowest BCUT2D eigenvalue weighted by atomic mass is 10.2. The van der Waals surface area contributed by atoms with Gasteiger partial charge in [-0.15, -0.1) is 0 Å². The Balaban J connectivity index is 1.90. The molecule has 1 fully saturated rings. The number of rotatable bonds is 7. The second-order valence-corrected chi connectivity index (χ2v) is 9.34. The van der Waals surface area contributed by atoms with E-state index in [1.807, 2.05) is 18.2 Å². The first-order valence-electron chi connectivity index (χ1n) is 10.3. The first-order chi connectivity index (χ1) is 15.3. The van der Waals surface area contributed by atoms with E-state index in [0.29, 0.717) is 13.1 Å². The zero-order valence-electron chi connectivity index (χ0n) is 18.1. The molecule has 2 aromatic rings. The van der Waals surface area contributed by atoms with Gasteiger partial charge in [0.1, 0.15) is 16.3 Å². The van der Waals surface area contributed by atoms with Crippen LogP contribution in [0.4, 0.5) is 5.69 Å². The smallest absolute Gasteiger partial charge is 0.272 e. The van der Waals surface area contributed by atoms with Gasteiger partial charge in [-0.2, -0.15) is 4.31 Å². The van der Waals surface area contributed by atoms with Gasteiger partial charge in [0.2, 0.25) is 15.9 Å². The van der Waals surface area contributed by atoms with Crippen LogP contribution >= 0.6 is 0 Å². The lowest BCUT2D eigenvalue weighted by Gasteiger charge is -2.26. The average Bonchev–Trinajstić information content (AvgIpc) is 2.79. The van der Waals surface area contributed by atoms with Crippen LogP contribution in [0.5, 0.6) is 5.75 Å². The zero-order valence-corrected chi connectivity index (χ0v) is 18.9. The van der Waals surface area contributed by atoms with Crippen LogP contribution in [0.2, 0.25) is 0 Å². The van der Waals surface area contributed by atoms with Crippen molar-refractivity contribution in [3.05, 3.63) is 59.8 Å². The fourth-order valence-electron chi connectivity index (χ4n) is 3.46. The summed E-state index contributed by atoms with van der Waals surface area (Å²) in [4.78, 5) is 24.5. The van der Waals surface area contributed by atoms with Gasteiger partial charge in [-0.3, -0.25) is 9.59 Å². The molecule has 2 aromatic carbocycles. The molecule has 1 saturated heterocycles. The highest BCUT2D eigenvalue weighted by atomic mass is 32.2. The zero-order chi connectivity index (χ0) is 23.1. The van der Waals surface area contributed by atoms with Crippen LogP contribution < -0.4 is 15.4 Å². The van der Waals surface area contributed by atoms with E-state index in [4.69, 9.17) is 4.74 Å². The highest BCUT2D eigenvalue weighted by Crippen LogP contribution is 2.31. The third kappa shape index (κ3) is 5.74. The average molecular weight is 458 g/mol. The number of carbonyl (C=O) groups is 2. The number of piperidine rings is 1. The number of anilines is 1. The monoisotopic (exact) mass is 457 g/mol. The molecule has 0 aromatic heterocycles. The number of hydrogen-bond acceptors (Lipinski definition) is 5. The summed E-state index contributed by atoms with van der Waals surface area (Å²) in [6.45, 7) is 2.21. The van der Waals surface area contributed by atoms with Crippen LogP contribution in [0.1, 0.15) is 31.7 Å². The Morgan fingerprint density at radius 2 is 1.72 bits per heavy atom. The Morgan fingerprint density at radius 1 is 1.03 bits per heavy atom. The fraction of sp³-hybridized carbons (Fsp3) is 0.304. The molecule has 32 heavy (non-hydrogen) atoms. The highest BCUT2D eigenvalue weighted by molar-refractivity contribution is 7.89. The van der Waals surface area contributed by atoms with Gasteiger partial charge in [0.05, 0.1) is 7.11 Å². The van der Waals surface area contributed by atoms with Crippen molar-refractivity contribution in [3.63, 3.8) is 0 Å². The summed E-state index contributed by atoms with van der Waals surface area (Å²) < 4.78 is 33.1. The summed E-state index contributed by atoms with van der Waals surface area (Å²) in [7, 11) is -2.38. The quantitative estimate of drug-likeness (QED) is 0.622. The maximum atomic E-state index is 13.2. The molecule has 1 aliphatic heterocycles. The van der Waals surface area contributed by atoms with Crippen LogP contribution in [0.25, 0.3) is 6.08 Å². The molecule has 0 radical (unpaired) electrons. The van der Waals surface area contributed by atoms with Gasteiger partial charge in [0.15, 0.2) is 0 Å². The normalized spacial score (nSPS) is 15.1. The van der Waals surface area contributed by atoms with Gasteiger partial charge in [0, 0.05) is 25.7 Å². The van der Waals surface area contributed by atoms with E-state index in [-0.39, 0.29) is 22.0 Å². The number of methoxy groups -OCH3 is 1. The maximum absolute atomic E-state index is 13.2. The number of carbonyl (C=O) groups excluding carboxylic acids is 2. The summed E-state index contributed by atoms with van der Waals surface area (Å²) in [6.07, 6.45) is 4.16. The number of nitrogens with one attached hydrogen (secondary N) is 2. The number of sulfonamides is 1. The predicted molar refractivity (Wildman–Crippen MR) is 122 cm³/mol. The second kappa shape index (κ2) is 10.4. The minimum Gasteiger partial charge on any atom is -0.495 e. The molecule has 170 valence electrons. The van der Waals surface area contributed by atoms with Crippen molar-refractivity contribution in [2.24, 2.45) is 0 Å². The summed E-state index contributed by atoms with van der Waals surface area (Å²) in [5.41, 5.74) is 1.05. The van der Waals surface area contributed by atoms with E-state index in [1.165, 1.54) is 30.5 Å². The Bertz CT molecular complexity index is 1110. The molecule has 9 heteroatoms. The maximum Gasteiger partial charge on any atom is 0.272 e. The van der Waals surface area contributed by atoms with Crippen molar-refractivity contribution >= 4 is 33.6 Å². The van der Waals surface area contributed by atoms with Gasteiger partial charge in [-0.1, -0.05) is 36.8 Å². The number of benzene rings is 2. The molecule has 1 aliphatic rings. The van der Waals surface area contributed by atoms with E-state index in [0.717, 1.165) is 24.8 Å². The number of ether oxygens (including phenoxy) is 1. The van der Waals surface area contributed by atoms with Gasteiger partial charge in [-0.05, 0) is 42.7 Å². The number of hydrogen-bond donors (Lipinski definition) is 2. The van der Waals surface area contributed by atoms with Gasteiger partial charge >= 0.3 is 0 Å². The Hall–Kier alpha value is -3.17. The third-order valence-electron chi connectivity index (χ3n) is 5.02. The molecular weight excluding hydrogens is 430 g/mol. The molecule has 8 nitrogen and oxygen atoms in total. The lowest BCUT2D eigenvalue weighted by Crippen LogP contribution is -2.35. The molecule has 0 bridgehead atoms. The topological polar surface area (TPSA) is 105 Å². The Kier molecular flexibility index (Phi) is 7.66. The molecule has 0 spiro atoms. The van der Waals surface area contributed by atoms with Crippen molar-refractivity contribution in [2.45, 2.75) is 31.1 Å². The third-order valence-corrected chi connectivity index (χ3v) is 6.94. The van der Waals surface area contributed by atoms with E-state index in [1.54, 1.807) is 24.3 Å². The minimum atomic E-state index is -3.78. The van der Waals surface area contributed by atoms with Crippen LogP contribution in [0.15, 0.2) is 59.1 Å². The number of amides is 2. The first kappa shape index (κ1) is 23.5. The van der Waals surface area contributed by atoms with Crippen molar-refractivity contribution in [3.8, 4) is 5.75 Å². The SMILES string of the molecule is COc1ccc(NC(=O)/C(=C/c2ccccc2)NC(C)=O)cc1S(=O)(=O)N1CCCCC1. The second-order valence-electron chi connectivity index (χ2n) is 7.43. The van der Waals surface area contributed by atoms with E-state index >= 15 is 0 Å². The molecule has 0 aliphatic carbocycles. The molecular formula is C23H27N3O5S. The van der Waals surface area contributed by atoms with Crippen LogP contribution in [0, 0.1) is 0 Å². The molecule has 0 atom stereocenters. The summed E-state index contributed by atoms with van der Waals surface area (Å²) in [5, 5.41) is 5.20. The van der Waals surface area contributed by atoms with Crippen molar-refractivity contribution in [1.82, 2.24) is 9.62 Å². The lowest BCUT2D eigenvalue weighted by molar-refractivity contribution is -0.120. The Morgan fingerprint density at radius 3 is 2.34 bits per heavy atom. The Labute approximate surface area is 188 Å². The molecule has 0 unspecified atom stereocenters. The van der Waals surface area contributed by atoms with Crippen LogP contribution in [-0.4, -0.2) is 44.7 Å². The van der Waals surface area contributed by atoms with Gasteiger partial charge < -0.3 is 15.4 Å². The van der Waals surface area contributed by atoms with E-state index < -0.39 is 21.8 Å². The predicted octanol–water partition coefficient (Wildman–Crippen LogP) is 2.99. The molecule has 3 rings (SSSR count). The van der Waals surface area contributed by atoms with Crippen LogP contribution in [0.3, 0.4) is 0 Å². The first-order valence-corrected chi connectivity index (χ1v) is 11.8. The largest absolute Gasteiger partial charge is 0.495 e.